The summed E-state index contributed by atoms with van der Waals surface area (Å²) in [5.41, 5.74) is 4.47. The van der Waals surface area contributed by atoms with Crippen molar-refractivity contribution in [2.45, 2.75) is 12.8 Å². The lowest BCUT2D eigenvalue weighted by atomic mass is 10.1. The molecule has 5 rings (SSSR count). The lowest BCUT2D eigenvalue weighted by molar-refractivity contribution is -0.123. The third kappa shape index (κ3) is 4.18. The largest absolute Gasteiger partial charge is 0.482 e. The monoisotopic (exact) mass is 426 g/mol. The van der Waals surface area contributed by atoms with Gasteiger partial charge in [-0.1, -0.05) is 36.4 Å². The Kier molecular flexibility index (Phi) is 5.29. The number of H-pyrrole nitrogens is 1. The number of para-hydroxylation sites is 4. The summed E-state index contributed by atoms with van der Waals surface area (Å²) in [5.74, 6) is 1.07. The number of anilines is 2. The van der Waals surface area contributed by atoms with Crippen LogP contribution in [0.15, 0.2) is 72.8 Å². The molecule has 2 heterocycles. The lowest BCUT2D eigenvalue weighted by Crippen LogP contribution is -2.43. The van der Waals surface area contributed by atoms with Crippen molar-refractivity contribution in [3.63, 3.8) is 0 Å². The molecule has 7 nitrogen and oxygen atoms in total. The van der Waals surface area contributed by atoms with Crippen LogP contribution in [0.25, 0.3) is 11.0 Å². The van der Waals surface area contributed by atoms with Crippen molar-refractivity contribution >= 4 is 34.2 Å². The van der Waals surface area contributed by atoms with E-state index in [0.717, 1.165) is 35.3 Å². The maximum atomic E-state index is 12.6. The number of aromatic nitrogens is 2. The summed E-state index contributed by atoms with van der Waals surface area (Å²) in [5, 5.41) is 2.87. The van der Waals surface area contributed by atoms with E-state index >= 15 is 0 Å². The summed E-state index contributed by atoms with van der Waals surface area (Å²) in [7, 11) is 0. The standard InChI is InChI=1S/C25H22N4O3/c30-24(15-29-21-7-3-4-8-22(21)32-16-25(29)31)26-18-12-9-17(10-13-18)11-14-23-27-19-5-1-2-6-20(19)28-23/h1-10,12-13H,11,14-16H2,(H,26,30)(H,27,28). The van der Waals surface area contributed by atoms with E-state index in [1.165, 1.54) is 4.90 Å². The van der Waals surface area contributed by atoms with Crippen molar-refractivity contribution in [3.8, 4) is 5.75 Å². The number of ether oxygens (including phenoxy) is 1. The predicted molar refractivity (Wildman–Crippen MR) is 123 cm³/mol. The minimum absolute atomic E-state index is 0.0625. The van der Waals surface area contributed by atoms with Crippen molar-refractivity contribution in [1.29, 1.82) is 0 Å². The van der Waals surface area contributed by atoms with E-state index < -0.39 is 0 Å². The van der Waals surface area contributed by atoms with E-state index in [1.54, 1.807) is 12.1 Å². The number of hydrogen-bond donors (Lipinski definition) is 2. The molecule has 32 heavy (non-hydrogen) atoms. The summed E-state index contributed by atoms with van der Waals surface area (Å²) < 4.78 is 5.42. The molecule has 0 saturated carbocycles. The Labute approximate surface area is 185 Å². The second kappa shape index (κ2) is 8.55. The van der Waals surface area contributed by atoms with Crippen molar-refractivity contribution in [3.05, 3.63) is 84.2 Å². The summed E-state index contributed by atoms with van der Waals surface area (Å²) in [6.45, 7) is -0.128. The van der Waals surface area contributed by atoms with E-state index in [4.69, 9.17) is 4.74 Å². The number of carbonyl (C=O) groups is 2. The highest BCUT2D eigenvalue weighted by Crippen LogP contribution is 2.31. The fourth-order valence-electron chi connectivity index (χ4n) is 3.81. The third-order valence-corrected chi connectivity index (χ3v) is 5.44. The van der Waals surface area contributed by atoms with Crippen molar-refractivity contribution in [2.75, 3.05) is 23.4 Å². The Balaban J connectivity index is 1.18. The SMILES string of the molecule is O=C(CN1C(=O)COc2ccccc21)Nc1ccc(CCc2nc3ccccc3[nH]2)cc1. The molecule has 0 bridgehead atoms. The third-order valence-electron chi connectivity index (χ3n) is 5.44. The maximum absolute atomic E-state index is 12.6. The van der Waals surface area contributed by atoms with E-state index in [2.05, 4.69) is 15.3 Å². The minimum Gasteiger partial charge on any atom is -0.482 e. The molecule has 1 aliphatic rings. The quantitative estimate of drug-likeness (QED) is 0.492. The van der Waals surface area contributed by atoms with Gasteiger partial charge in [-0.3, -0.25) is 14.5 Å². The summed E-state index contributed by atoms with van der Waals surface area (Å²) in [4.78, 5) is 34.2. The predicted octanol–water partition coefficient (Wildman–Crippen LogP) is 3.71. The van der Waals surface area contributed by atoms with Crippen molar-refractivity contribution in [1.82, 2.24) is 9.97 Å². The number of fused-ring (bicyclic) bond motifs is 2. The molecule has 4 aromatic rings. The number of rotatable bonds is 6. The molecule has 0 aliphatic carbocycles. The highest BCUT2D eigenvalue weighted by atomic mass is 16.5. The van der Waals surface area contributed by atoms with Crippen LogP contribution >= 0.6 is 0 Å². The van der Waals surface area contributed by atoms with Gasteiger partial charge in [0, 0.05) is 12.1 Å². The Morgan fingerprint density at radius 3 is 2.62 bits per heavy atom. The second-order valence-corrected chi connectivity index (χ2v) is 7.68. The zero-order valence-corrected chi connectivity index (χ0v) is 17.4. The Bertz CT molecular complexity index is 1250. The van der Waals surface area contributed by atoms with E-state index in [0.29, 0.717) is 17.1 Å². The number of aryl methyl sites for hydroxylation is 2. The van der Waals surface area contributed by atoms with E-state index in [-0.39, 0.29) is 25.0 Å². The minimum atomic E-state index is -0.259. The van der Waals surface area contributed by atoms with Gasteiger partial charge in [0.15, 0.2) is 6.61 Å². The van der Waals surface area contributed by atoms with Crippen molar-refractivity contribution < 1.29 is 14.3 Å². The molecular formula is C25H22N4O3. The van der Waals surface area contributed by atoms with E-state index in [9.17, 15) is 9.59 Å². The van der Waals surface area contributed by atoms with Crippen LogP contribution in [0, 0.1) is 0 Å². The highest BCUT2D eigenvalue weighted by molar-refractivity contribution is 6.04. The van der Waals surface area contributed by atoms with Gasteiger partial charge in [-0.05, 0) is 48.4 Å². The Hall–Kier alpha value is -4.13. The first kappa shape index (κ1) is 19.8. The molecule has 0 unspecified atom stereocenters. The molecule has 0 atom stereocenters. The molecule has 0 spiro atoms. The molecule has 0 radical (unpaired) electrons. The van der Waals surface area contributed by atoms with Gasteiger partial charge in [0.05, 0.1) is 16.7 Å². The van der Waals surface area contributed by atoms with Gasteiger partial charge in [0.2, 0.25) is 5.91 Å². The number of nitrogens with one attached hydrogen (secondary N) is 2. The van der Waals surface area contributed by atoms with Gasteiger partial charge in [0.25, 0.3) is 5.91 Å². The number of aromatic amines is 1. The zero-order chi connectivity index (χ0) is 21.9. The van der Waals surface area contributed by atoms with Crippen LogP contribution in [0.4, 0.5) is 11.4 Å². The highest BCUT2D eigenvalue weighted by Gasteiger charge is 2.26. The first-order chi connectivity index (χ1) is 15.7. The van der Waals surface area contributed by atoms with Gasteiger partial charge < -0.3 is 15.0 Å². The normalized spacial score (nSPS) is 13.0. The number of imidazole rings is 1. The maximum Gasteiger partial charge on any atom is 0.265 e. The van der Waals surface area contributed by atoms with Crippen LogP contribution in [0.5, 0.6) is 5.75 Å². The molecule has 3 aromatic carbocycles. The zero-order valence-electron chi connectivity index (χ0n) is 17.4. The number of amides is 2. The van der Waals surface area contributed by atoms with Crippen LogP contribution in [0.1, 0.15) is 11.4 Å². The van der Waals surface area contributed by atoms with Gasteiger partial charge in [-0.15, -0.1) is 0 Å². The van der Waals surface area contributed by atoms with Crippen molar-refractivity contribution in [2.24, 2.45) is 0 Å². The molecule has 0 fully saturated rings. The van der Waals surface area contributed by atoms with Crippen LogP contribution in [-0.4, -0.2) is 34.9 Å². The Morgan fingerprint density at radius 2 is 1.78 bits per heavy atom. The molecular weight excluding hydrogens is 404 g/mol. The van der Waals surface area contributed by atoms with Crippen LogP contribution < -0.4 is 15.0 Å². The topological polar surface area (TPSA) is 87.3 Å². The molecule has 2 N–H and O–H groups in total. The first-order valence-corrected chi connectivity index (χ1v) is 10.5. The molecule has 2 amide bonds. The summed E-state index contributed by atoms with van der Waals surface area (Å²) >= 11 is 0. The van der Waals surface area contributed by atoms with Gasteiger partial charge >= 0.3 is 0 Å². The van der Waals surface area contributed by atoms with Crippen LogP contribution in [-0.2, 0) is 22.4 Å². The lowest BCUT2D eigenvalue weighted by Gasteiger charge is -2.28. The summed E-state index contributed by atoms with van der Waals surface area (Å²) in [6.07, 6.45) is 1.64. The Morgan fingerprint density at radius 1 is 1.00 bits per heavy atom. The van der Waals surface area contributed by atoms with E-state index in [1.807, 2.05) is 60.7 Å². The molecule has 160 valence electrons. The molecule has 7 heteroatoms. The second-order valence-electron chi connectivity index (χ2n) is 7.68. The molecule has 1 aliphatic heterocycles. The fraction of sp³-hybridized carbons (Fsp3) is 0.160. The first-order valence-electron chi connectivity index (χ1n) is 10.5. The number of nitrogens with zero attached hydrogens (tertiary/aromatic N) is 2. The number of carbonyl (C=O) groups excluding carboxylic acids is 2. The van der Waals surface area contributed by atoms with Gasteiger partial charge in [-0.2, -0.15) is 0 Å². The fourth-order valence-corrected chi connectivity index (χ4v) is 3.81. The average molecular weight is 426 g/mol. The smallest absolute Gasteiger partial charge is 0.265 e. The molecule has 1 aromatic heterocycles. The molecule has 0 saturated heterocycles. The van der Waals surface area contributed by atoms with Gasteiger partial charge in [-0.25, -0.2) is 4.98 Å². The van der Waals surface area contributed by atoms with Gasteiger partial charge in [0.1, 0.15) is 18.1 Å². The number of hydrogen-bond acceptors (Lipinski definition) is 4. The number of benzene rings is 3. The average Bonchev–Trinajstić information content (AvgIpc) is 3.24. The summed E-state index contributed by atoms with van der Waals surface area (Å²) in [6, 6.07) is 22.9. The van der Waals surface area contributed by atoms with Crippen LogP contribution in [0.3, 0.4) is 0 Å². The van der Waals surface area contributed by atoms with Crippen LogP contribution in [0.2, 0.25) is 0 Å².